The highest BCUT2D eigenvalue weighted by atomic mass is 19.1. The minimum absolute atomic E-state index is 0.0828. The van der Waals surface area contributed by atoms with Gasteiger partial charge in [0.1, 0.15) is 11.8 Å². The minimum atomic E-state index is -1.35. The standard InChI is InChI=1S/C13H22FNO3/c1-13(2,3)18-12(17)15-8-5-4-6-9(15)11(14)10(16)7-8/h8-11,16H,4-7H2,1-3H3/t8-,9+,10-,11+/m0/s1. The van der Waals surface area contributed by atoms with E-state index in [1.165, 1.54) is 4.90 Å². The number of ether oxygens (including phenoxy) is 1. The molecule has 5 heteroatoms. The number of aliphatic hydroxyl groups excluding tert-OH is 1. The van der Waals surface area contributed by atoms with Crippen molar-refractivity contribution in [3.63, 3.8) is 0 Å². The normalized spacial score (nSPS) is 36.4. The number of piperidine rings is 2. The molecule has 0 saturated carbocycles. The molecule has 18 heavy (non-hydrogen) atoms. The highest BCUT2D eigenvalue weighted by Gasteiger charge is 2.48. The van der Waals surface area contributed by atoms with Gasteiger partial charge in [-0.1, -0.05) is 0 Å². The van der Waals surface area contributed by atoms with E-state index in [1.807, 2.05) is 0 Å². The summed E-state index contributed by atoms with van der Waals surface area (Å²) in [5.41, 5.74) is -0.576. The fourth-order valence-electron chi connectivity index (χ4n) is 2.92. The third-order valence-corrected chi connectivity index (χ3v) is 3.64. The van der Waals surface area contributed by atoms with Crippen LogP contribution in [0.1, 0.15) is 46.5 Å². The Hall–Kier alpha value is -0.840. The van der Waals surface area contributed by atoms with E-state index in [2.05, 4.69) is 0 Å². The molecule has 2 aliphatic rings. The van der Waals surface area contributed by atoms with Crippen molar-refractivity contribution in [3.05, 3.63) is 0 Å². The average Bonchev–Trinajstić information content (AvgIpc) is 2.23. The van der Waals surface area contributed by atoms with Crippen molar-refractivity contribution < 1.29 is 19.0 Å². The van der Waals surface area contributed by atoms with Crippen molar-refractivity contribution >= 4 is 6.09 Å². The number of carbonyl (C=O) groups is 1. The van der Waals surface area contributed by atoms with Crippen molar-refractivity contribution in [2.45, 2.75) is 76.4 Å². The predicted octanol–water partition coefficient (Wildman–Crippen LogP) is 2.25. The van der Waals surface area contributed by atoms with Crippen molar-refractivity contribution in [3.8, 4) is 0 Å². The molecule has 0 unspecified atom stereocenters. The molecule has 0 aromatic rings. The van der Waals surface area contributed by atoms with Gasteiger partial charge in [-0.25, -0.2) is 9.18 Å². The number of halogens is 1. The SMILES string of the molecule is CC(C)(C)OC(=O)N1[C@H]2CCC[C@@H]1[C@@H](F)[C@@H](O)C2. The third-order valence-electron chi connectivity index (χ3n) is 3.64. The number of rotatable bonds is 0. The molecule has 0 radical (unpaired) electrons. The van der Waals surface area contributed by atoms with Gasteiger partial charge in [-0.3, -0.25) is 4.90 Å². The molecule has 2 fully saturated rings. The van der Waals surface area contributed by atoms with Crippen molar-refractivity contribution in [1.29, 1.82) is 0 Å². The van der Waals surface area contributed by atoms with Gasteiger partial charge in [0.15, 0.2) is 0 Å². The summed E-state index contributed by atoms with van der Waals surface area (Å²) in [5.74, 6) is 0. The molecule has 2 bridgehead atoms. The smallest absolute Gasteiger partial charge is 0.410 e. The Morgan fingerprint density at radius 2 is 2.06 bits per heavy atom. The fraction of sp³-hybridized carbons (Fsp3) is 0.923. The van der Waals surface area contributed by atoms with Crippen LogP contribution in [0.4, 0.5) is 9.18 Å². The Kier molecular flexibility index (Phi) is 3.54. The quantitative estimate of drug-likeness (QED) is 0.726. The number of nitrogens with zero attached hydrogens (tertiary/aromatic N) is 1. The van der Waals surface area contributed by atoms with Crippen LogP contribution in [0.5, 0.6) is 0 Å². The molecule has 2 heterocycles. The van der Waals surface area contributed by atoms with Crippen molar-refractivity contribution in [1.82, 2.24) is 4.90 Å². The number of fused-ring (bicyclic) bond motifs is 2. The first kappa shape index (κ1) is 13.6. The number of hydrogen-bond acceptors (Lipinski definition) is 3. The van der Waals surface area contributed by atoms with E-state index in [1.54, 1.807) is 20.8 Å². The Labute approximate surface area is 107 Å². The van der Waals surface area contributed by atoms with Crippen LogP contribution in [-0.4, -0.2) is 46.1 Å². The largest absolute Gasteiger partial charge is 0.444 e. The molecule has 1 amide bonds. The van der Waals surface area contributed by atoms with Crippen molar-refractivity contribution in [2.24, 2.45) is 0 Å². The second kappa shape index (κ2) is 4.68. The van der Waals surface area contributed by atoms with Gasteiger partial charge in [0.2, 0.25) is 0 Å². The minimum Gasteiger partial charge on any atom is -0.444 e. The van der Waals surface area contributed by atoms with Crippen LogP contribution < -0.4 is 0 Å². The number of carbonyl (C=O) groups excluding carboxylic acids is 1. The van der Waals surface area contributed by atoms with Gasteiger partial charge >= 0.3 is 6.09 Å². The maximum atomic E-state index is 14.0. The zero-order valence-corrected chi connectivity index (χ0v) is 11.2. The van der Waals surface area contributed by atoms with Gasteiger partial charge in [-0.2, -0.15) is 0 Å². The van der Waals surface area contributed by atoms with Crippen LogP contribution >= 0.6 is 0 Å². The summed E-state index contributed by atoms with van der Waals surface area (Å²) in [6.45, 7) is 5.39. The first-order chi connectivity index (χ1) is 8.29. The van der Waals surface area contributed by atoms with E-state index in [4.69, 9.17) is 4.74 Å². The molecule has 2 aliphatic heterocycles. The highest BCUT2D eigenvalue weighted by Crippen LogP contribution is 2.36. The molecule has 104 valence electrons. The molecule has 2 rings (SSSR count). The summed E-state index contributed by atoms with van der Waals surface area (Å²) in [7, 11) is 0. The van der Waals surface area contributed by atoms with Gasteiger partial charge in [0.25, 0.3) is 0 Å². The summed E-state index contributed by atoms with van der Waals surface area (Å²) in [5, 5.41) is 9.66. The zero-order chi connectivity index (χ0) is 13.5. The molecule has 1 N–H and O–H groups in total. The average molecular weight is 259 g/mol. The van der Waals surface area contributed by atoms with Gasteiger partial charge < -0.3 is 9.84 Å². The summed E-state index contributed by atoms with van der Waals surface area (Å²) in [4.78, 5) is 13.7. The number of alkyl halides is 1. The predicted molar refractivity (Wildman–Crippen MR) is 65.0 cm³/mol. The van der Waals surface area contributed by atoms with E-state index in [-0.39, 0.29) is 6.04 Å². The Morgan fingerprint density at radius 3 is 2.67 bits per heavy atom. The lowest BCUT2D eigenvalue weighted by molar-refractivity contribution is -0.0865. The Bertz CT molecular complexity index is 329. The topological polar surface area (TPSA) is 49.8 Å². The van der Waals surface area contributed by atoms with Crippen molar-refractivity contribution in [2.75, 3.05) is 0 Å². The molecular weight excluding hydrogens is 237 g/mol. The number of aliphatic hydroxyl groups is 1. The Morgan fingerprint density at radius 1 is 1.39 bits per heavy atom. The van der Waals surface area contributed by atoms with Gasteiger partial charge in [0, 0.05) is 6.04 Å². The van der Waals surface area contributed by atoms with E-state index >= 15 is 0 Å². The first-order valence-electron chi connectivity index (χ1n) is 6.63. The molecule has 4 atom stereocenters. The maximum Gasteiger partial charge on any atom is 0.410 e. The van der Waals surface area contributed by atoms with Gasteiger partial charge in [0.05, 0.1) is 12.1 Å². The van der Waals surface area contributed by atoms with Crippen LogP contribution in [0.25, 0.3) is 0 Å². The lowest BCUT2D eigenvalue weighted by Gasteiger charge is -2.49. The summed E-state index contributed by atoms with van der Waals surface area (Å²) < 4.78 is 19.3. The van der Waals surface area contributed by atoms with Crippen LogP contribution in [0, 0.1) is 0 Å². The fourth-order valence-corrected chi connectivity index (χ4v) is 2.92. The van der Waals surface area contributed by atoms with Gasteiger partial charge in [-0.05, 0) is 46.5 Å². The molecule has 4 nitrogen and oxygen atoms in total. The lowest BCUT2D eigenvalue weighted by Crippen LogP contribution is -2.62. The summed E-state index contributed by atoms with van der Waals surface area (Å²) in [6.07, 6.45) is -0.105. The van der Waals surface area contributed by atoms with E-state index in [0.29, 0.717) is 12.8 Å². The zero-order valence-electron chi connectivity index (χ0n) is 11.2. The summed E-state index contributed by atoms with van der Waals surface area (Å²) >= 11 is 0. The molecule has 0 aromatic heterocycles. The third kappa shape index (κ3) is 2.60. The number of hydrogen-bond donors (Lipinski definition) is 1. The molecule has 0 aliphatic carbocycles. The van der Waals surface area contributed by atoms with Crippen LogP contribution in [0.3, 0.4) is 0 Å². The van der Waals surface area contributed by atoms with E-state index < -0.39 is 30.0 Å². The molecule has 2 saturated heterocycles. The van der Waals surface area contributed by atoms with Crippen LogP contribution in [0.15, 0.2) is 0 Å². The number of amides is 1. The monoisotopic (exact) mass is 259 g/mol. The van der Waals surface area contributed by atoms with E-state index in [9.17, 15) is 14.3 Å². The summed E-state index contributed by atoms with van der Waals surface area (Å²) in [6, 6.07) is -0.608. The second-order valence-electron chi connectivity index (χ2n) is 6.29. The maximum absolute atomic E-state index is 14.0. The molecular formula is C13H22FNO3. The second-order valence-corrected chi connectivity index (χ2v) is 6.29. The first-order valence-corrected chi connectivity index (χ1v) is 6.63. The van der Waals surface area contributed by atoms with Crippen LogP contribution in [0.2, 0.25) is 0 Å². The lowest BCUT2D eigenvalue weighted by atomic mass is 9.82. The Balaban J connectivity index is 2.14. The van der Waals surface area contributed by atoms with E-state index in [0.717, 1.165) is 12.8 Å². The molecule has 0 spiro atoms. The van der Waals surface area contributed by atoms with Gasteiger partial charge in [-0.15, -0.1) is 0 Å². The highest BCUT2D eigenvalue weighted by molar-refractivity contribution is 5.69. The molecule has 0 aromatic carbocycles. The van der Waals surface area contributed by atoms with Crippen LogP contribution in [-0.2, 0) is 4.74 Å².